The van der Waals surface area contributed by atoms with Gasteiger partial charge in [0.25, 0.3) is 0 Å². The van der Waals surface area contributed by atoms with E-state index < -0.39 is 11.4 Å². The molecule has 84 valence electrons. The van der Waals surface area contributed by atoms with Crippen LogP contribution in [0.25, 0.3) is 17.0 Å². The van der Waals surface area contributed by atoms with Crippen molar-refractivity contribution in [3.05, 3.63) is 51.1 Å². The van der Waals surface area contributed by atoms with Crippen molar-refractivity contribution in [2.75, 3.05) is 0 Å². The van der Waals surface area contributed by atoms with E-state index >= 15 is 0 Å². The summed E-state index contributed by atoms with van der Waals surface area (Å²) in [5.74, 6) is -0.395. The number of benzene rings is 1. The van der Waals surface area contributed by atoms with Crippen LogP contribution < -0.4 is 5.63 Å². The van der Waals surface area contributed by atoms with Crippen molar-refractivity contribution in [1.29, 1.82) is 0 Å². The van der Waals surface area contributed by atoms with E-state index in [1.165, 1.54) is 24.3 Å². The molecule has 0 atom stereocenters. The van der Waals surface area contributed by atoms with Gasteiger partial charge in [-0.3, -0.25) is 4.79 Å². The third kappa shape index (κ3) is 1.41. The van der Waals surface area contributed by atoms with Crippen molar-refractivity contribution < 1.29 is 13.6 Å². The van der Waals surface area contributed by atoms with Crippen molar-refractivity contribution in [2.24, 2.45) is 0 Å². The lowest BCUT2D eigenvalue weighted by Gasteiger charge is -2.03. The molecule has 17 heavy (non-hydrogen) atoms. The van der Waals surface area contributed by atoms with E-state index in [2.05, 4.69) is 0 Å². The Morgan fingerprint density at radius 2 is 2.18 bits per heavy atom. The predicted octanol–water partition coefficient (Wildman–Crippen LogP) is 2.07. The summed E-state index contributed by atoms with van der Waals surface area (Å²) >= 11 is 0. The maximum Gasteiger partial charge on any atom is 0.343 e. The highest BCUT2D eigenvalue weighted by Crippen LogP contribution is 2.28. The molecule has 0 saturated carbocycles. The summed E-state index contributed by atoms with van der Waals surface area (Å²) in [5.41, 5.74) is 1.37. The zero-order chi connectivity index (χ0) is 12.0. The summed E-state index contributed by atoms with van der Waals surface area (Å²) in [4.78, 5) is 22.4. The lowest BCUT2D eigenvalue weighted by molar-refractivity contribution is -0.104. The number of halogens is 1. The number of aldehydes is 1. The predicted molar refractivity (Wildman–Crippen MR) is 60.2 cm³/mol. The van der Waals surface area contributed by atoms with E-state index in [1.54, 1.807) is 0 Å². The highest BCUT2D eigenvalue weighted by Gasteiger charge is 2.20. The molecule has 3 nitrogen and oxygen atoms in total. The quantitative estimate of drug-likeness (QED) is 0.556. The number of fused-ring (bicyclic) bond motifs is 3. The van der Waals surface area contributed by atoms with Gasteiger partial charge < -0.3 is 4.42 Å². The van der Waals surface area contributed by atoms with E-state index in [9.17, 15) is 14.0 Å². The van der Waals surface area contributed by atoms with E-state index in [0.717, 1.165) is 0 Å². The molecule has 0 N–H and O–H groups in total. The average molecular weight is 230 g/mol. The third-order valence-corrected chi connectivity index (χ3v) is 2.88. The molecule has 1 heterocycles. The molecule has 4 heteroatoms. The molecule has 0 spiro atoms. The summed E-state index contributed by atoms with van der Waals surface area (Å²) < 4.78 is 18.2. The molecule has 0 radical (unpaired) electrons. The van der Waals surface area contributed by atoms with Gasteiger partial charge in [0.15, 0.2) is 0 Å². The zero-order valence-electron chi connectivity index (χ0n) is 8.70. The molecule has 1 aromatic carbocycles. The first-order valence-corrected chi connectivity index (χ1v) is 5.10. The highest BCUT2D eigenvalue weighted by molar-refractivity contribution is 5.92. The van der Waals surface area contributed by atoms with Gasteiger partial charge in [-0.2, -0.15) is 0 Å². The molecule has 2 aromatic rings. The molecule has 1 aromatic heterocycles. The Balaban J connectivity index is 2.40. The van der Waals surface area contributed by atoms with Gasteiger partial charge in [-0.05, 0) is 35.4 Å². The zero-order valence-corrected chi connectivity index (χ0v) is 8.70. The Kier molecular flexibility index (Phi) is 1.98. The molecule has 1 aliphatic rings. The first-order chi connectivity index (χ1) is 8.19. The molecule has 1 aliphatic carbocycles. The maximum atomic E-state index is 13.2. The average Bonchev–Trinajstić information content (AvgIpc) is 2.75. The Morgan fingerprint density at radius 3 is 2.94 bits per heavy atom. The van der Waals surface area contributed by atoms with Crippen LogP contribution in [0.1, 0.15) is 11.1 Å². The number of allylic oxidation sites excluding steroid dienone is 1. The van der Waals surface area contributed by atoms with Gasteiger partial charge in [0.05, 0.1) is 5.56 Å². The van der Waals surface area contributed by atoms with Crippen LogP contribution in [0.15, 0.2) is 33.0 Å². The van der Waals surface area contributed by atoms with Crippen LogP contribution in [0.2, 0.25) is 0 Å². The van der Waals surface area contributed by atoms with Crippen molar-refractivity contribution in [1.82, 2.24) is 0 Å². The van der Waals surface area contributed by atoms with Gasteiger partial charge in [-0.15, -0.1) is 0 Å². The Morgan fingerprint density at radius 1 is 1.35 bits per heavy atom. The fourth-order valence-corrected chi connectivity index (χ4v) is 2.10. The minimum atomic E-state index is -0.490. The molecule has 0 bridgehead atoms. The Bertz CT molecular complexity index is 725. The molecule has 0 saturated heterocycles. The summed E-state index contributed by atoms with van der Waals surface area (Å²) in [6, 6.07) is 3.98. The van der Waals surface area contributed by atoms with Crippen molar-refractivity contribution in [3.8, 4) is 0 Å². The number of rotatable bonds is 1. The van der Waals surface area contributed by atoms with Gasteiger partial charge in [0.2, 0.25) is 0 Å². The van der Waals surface area contributed by atoms with Crippen LogP contribution in [-0.2, 0) is 11.2 Å². The summed E-state index contributed by atoms with van der Waals surface area (Å²) in [6.45, 7) is 0. The monoisotopic (exact) mass is 230 g/mol. The second kappa shape index (κ2) is 3.38. The van der Waals surface area contributed by atoms with Gasteiger partial charge in [0.1, 0.15) is 17.7 Å². The van der Waals surface area contributed by atoms with Crippen LogP contribution in [0.5, 0.6) is 0 Å². The van der Waals surface area contributed by atoms with Crippen LogP contribution >= 0.6 is 0 Å². The van der Waals surface area contributed by atoms with Gasteiger partial charge in [-0.1, -0.05) is 0 Å². The van der Waals surface area contributed by atoms with Crippen molar-refractivity contribution >= 4 is 23.3 Å². The van der Waals surface area contributed by atoms with Crippen molar-refractivity contribution in [3.63, 3.8) is 0 Å². The fourth-order valence-electron chi connectivity index (χ4n) is 2.10. The third-order valence-electron chi connectivity index (χ3n) is 2.88. The number of hydrogen-bond acceptors (Lipinski definition) is 3. The van der Waals surface area contributed by atoms with Gasteiger partial charge in [-0.25, -0.2) is 9.18 Å². The van der Waals surface area contributed by atoms with E-state index in [4.69, 9.17) is 4.42 Å². The topological polar surface area (TPSA) is 47.3 Å². The molecule has 0 unspecified atom stereocenters. The second-order valence-corrected chi connectivity index (χ2v) is 3.94. The van der Waals surface area contributed by atoms with Gasteiger partial charge in [0, 0.05) is 11.8 Å². The number of carbonyl (C=O) groups is 1. The van der Waals surface area contributed by atoms with E-state index in [1.807, 2.05) is 0 Å². The molecule has 0 amide bonds. The number of carbonyl (C=O) groups excluding carboxylic acids is 1. The normalized spacial score (nSPS) is 13.6. The highest BCUT2D eigenvalue weighted by atomic mass is 19.1. The van der Waals surface area contributed by atoms with Crippen LogP contribution in [-0.4, -0.2) is 6.29 Å². The lowest BCUT2D eigenvalue weighted by atomic mass is 10.1. The first kappa shape index (κ1) is 9.96. The fraction of sp³-hybridized carbons (Fsp3) is 0.0769. The molecular weight excluding hydrogens is 223 g/mol. The summed E-state index contributed by atoms with van der Waals surface area (Å²) in [6.07, 6.45) is 2.55. The molecular formula is C13H7FO3. The molecule has 0 aliphatic heterocycles. The molecule has 3 rings (SSSR count). The smallest absolute Gasteiger partial charge is 0.343 e. The first-order valence-electron chi connectivity index (χ1n) is 5.10. The van der Waals surface area contributed by atoms with Crippen LogP contribution in [0.3, 0.4) is 0 Å². The Hall–Kier alpha value is -2.23. The Labute approximate surface area is 95.2 Å². The minimum absolute atomic E-state index is 0.343. The maximum absolute atomic E-state index is 13.2. The lowest BCUT2D eigenvalue weighted by Crippen LogP contribution is -2.05. The van der Waals surface area contributed by atoms with Crippen LogP contribution in [0, 0.1) is 5.82 Å². The van der Waals surface area contributed by atoms with Crippen LogP contribution in [0.4, 0.5) is 4.39 Å². The molecule has 0 fully saturated rings. The second-order valence-electron chi connectivity index (χ2n) is 3.94. The largest absolute Gasteiger partial charge is 0.422 e. The summed E-state index contributed by atoms with van der Waals surface area (Å²) in [5, 5.41) is 0.549. The number of hydrogen-bond donors (Lipinski definition) is 0. The summed E-state index contributed by atoms with van der Waals surface area (Å²) in [7, 11) is 0. The SMILES string of the molecule is O=CC1=Cc2c(c3cc(F)ccc3oc2=O)C1. The van der Waals surface area contributed by atoms with E-state index in [-0.39, 0.29) is 0 Å². The van der Waals surface area contributed by atoms with Crippen molar-refractivity contribution in [2.45, 2.75) is 6.42 Å². The standard InChI is InChI=1S/C13H7FO3/c14-8-1-2-12-10(5-8)9-3-7(6-15)4-11(9)13(16)17-12/h1-2,4-6H,3H2. The minimum Gasteiger partial charge on any atom is -0.422 e. The van der Waals surface area contributed by atoms with Gasteiger partial charge >= 0.3 is 5.63 Å². The van der Waals surface area contributed by atoms with E-state index in [0.29, 0.717) is 40.4 Å².